The van der Waals surface area contributed by atoms with Crippen molar-refractivity contribution in [2.75, 3.05) is 6.61 Å². The Labute approximate surface area is 79.5 Å². The Morgan fingerprint density at radius 2 is 2.08 bits per heavy atom. The van der Waals surface area contributed by atoms with Gasteiger partial charge in [0.2, 0.25) is 0 Å². The highest BCUT2D eigenvalue weighted by atomic mass is 32.1. The third kappa shape index (κ3) is 4.02. The summed E-state index contributed by atoms with van der Waals surface area (Å²) in [5.41, 5.74) is 5.36. The van der Waals surface area contributed by atoms with E-state index in [0.29, 0.717) is 11.1 Å². The van der Waals surface area contributed by atoms with E-state index < -0.39 is 0 Å². The fourth-order valence-corrected chi connectivity index (χ4v) is 1.70. The van der Waals surface area contributed by atoms with Crippen molar-refractivity contribution in [2.24, 2.45) is 5.73 Å². The highest BCUT2D eigenvalue weighted by molar-refractivity contribution is 7.80. The Balaban J connectivity index is 1.91. The van der Waals surface area contributed by atoms with Crippen LogP contribution in [-0.4, -0.2) is 17.7 Å². The van der Waals surface area contributed by atoms with Crippen molar-refractivity contribution < 1.29 is 4.74 Å². The van der Waals surface area contributed by atoms with Crippen LogP contribution in [0.2, 0.25) is 0 Å². The summed E-state index contributed by atoms with van der Waals surface area (Å²) in [7, 11) is 0. The van der Waals surface area contributed by atoms with Gasteiger partial charge in [0.1, 0.15) is 0 Å². The van der Waals surface area contributed by atoms with Gasteiger partial charge in [-0.25, -0.2) is 0 Å². The first-order valence-electron chi connectivity index (χ1n) is 4.69. The smallest absolute Gasteiger partial charge is 0.0728 e. The number of rotatable bonds is 5. The summed E-state index contributed by atoms with van der Waals surface area (Å²) in [4.78, 5) is 0.602. The molecule has 1 fully saturated rings. The quantitative estimate of drug-likeness (QED) is 0.528. The van der Waals surface area contributed by atoms with Gasteiger partial charge in [-0.15, -0.1) is 0 Å². The molecule has 2 N–H and O–H groups in total. The SMILES string of the molecule is NC(=S)CCCOC1CCCC1. The van der Waals surface area contributed by atoms with Gasteiger partial charge in [-0.3, -0.25) is 0 Å². The largest absolute Gasteiger partial charge is 0.393 e. The normalized spacial score (nSPS) is 18.3. The van der Waals surface area contributed by atoms with Crippen molar-refractivity contribution in [3.63, 3.8) is 0 Å². The predicted octanol–water partition coefficient (Wildman–Crippen LogP) is 2.01. The number of hydrogen-bond acceptors (Lipinski definition) is 2. The maximum Gasteiger partial charge on any atom is 0.0728 e. The molecule has 0 spiro atoms. The van der Waals surface area contributed by atoms with Crippen LogP contribution in [0.5, 0.6) is 0 Å². The molecule has 0 unspecified atom stereocenters. The van der Waals surface area contributed by atoms with Gasteiger partial charge >= 0.3 is 0 Å². The molecular weight excluding hydrogens is 170 g/mol. The van der Waals surface area contributed by atoms with Gasteiger partial charge in [0.05, 0.1) is 11.1 Å². The van der Waals surface area contributed by atoms with Gasteiger partial charge in [-0.05, 0) is 25.7 Å². The maximum absolute atomic E-state index is 5.64. The Morgan fingerprint density at radius 3 is 2.67 bits per heavy atom. The van der Waals surface area contributed by atoms with Crippen LogP contribution in [0.3, 0.4) is 0 Å². The van der Waals surface area contributed by atoms with Crippen LogP contribution in [0, 0.1) is 0 Å². The fourth-order valence-electron chi connectivity index (χ4n) is 1.55. The van der Waals surface area contributed by atoms with Crippen LogP contribution in [0.4, 0.5) is 0 Å². The average molecular weight is 187 g/mol. The molecular formula is C9H17NOS. The molecule has 1 aliphatic carbocycles. The van der Waals surface area contributed by atoms with Crippen molar-refractivity contribution >= 4 is 17.2 Å². The van der Waals surface area contributed by atoms with E-state index in [0.717, 1.165) is 19.4 Å². The lowest BCUT2D eigenvalue weighted by Gasteiger charge is -2.09. The highest BCUT2D eigenvalue weighted by Gasteiger charge is 2.14. The van der Waals surface area contributed by atoms with Crippen molar-refractivity contribution in [3.8, 4) is 0 Å². The Hall–Kier alpha value is -0.150. The molecule has 1 aliphatic rings. The second kappa shape index (κ2) is 5.49. The van der Waals surface area contributed by atoms with E-state index in [9.17, 15) is 0 Å². The molecule has 0 aromatic rings. The minimum Gasteiger partial charge on any atom is -0.393 e. The third-order valence-corrected chi connectivity index (χ3v) is 2.43. The number of thiocarbonyl (C=S) groups is 1. The molecule has 12 heavy (non-hydrogen) atoms. The third-order valence-electron chi connectivity index (χ3n) is 2.22. The second-order valence-electron chi connectivity index (χ2n) is 3.35. The zero-order valence-corrected chi connectivity index (χ0v) is 8.24. The molecule has 1 rings (SSSR count). The molecule has 0 aliphatic heterocycles. The van der Waals surface area contributed by atoms with Crippen molar-refractivity contribution in [2.45, 2.75) is 44.6 Å². The molecule has 0 aromatic heterocycles. The van der Waals surface area contributed by atoms with Gasteiger partial charge in [0.25, 0.3) is 0 Å². The summed E-state index contributed by atoms with van der Waals surface area (Å²) in [6, 6.07) is 0. The molecule has 0 aromatic carbocycles. The summed E-state index contributed by atoms with van der Waals surface area (Å²) >= 11 is 4.77. The van der Waals surface area contributed by atoms with Crippen LogP contribution >= 0.6 is 12.2 Å². The molecule has 0 atom stereocenters. The first-order chi connectivity index (χ1) is 5.79. The van der Waals surface area contributed by atoms with E-state index in [1.807, 2.05) is 0 Å². The monoisotopic (exact) mass is 187 g/mol. The van der Waals surface area contributed by atoms with Gasteiger partial charge in [0, 0.05) is 6.61 Å². The molecule has 1 saturated carbocycles. The minimum absolute atomic E-state index is 0.524. The van der Waals surface area contributed by atoms with Crippen molar-refractivity contribution in [1.82, 2.24) is 0 Å². The average Bonchev–Trinajstić information content (AvgIpc) is 2.49. The van der Waals surface area contributed by atoms with Crippen LogP contribution in [-0.2, 0) is 4.74 Å². The van der Waals surface area contributed by atoms with E-state index in [4.69, 9.17) is 22.7 Å². The standard InChI is InChI=1S/C9H17NOS/c10-9(12)6-3-7-11-8-4-1-2-5-8/h8H,1-7H2,(H2,10,12). The first-order valence-corrected chi connectivity index (χ1v) is 5.10. The number of hydrogen-bond donors (Lipinski definition) is 1. The second-order valence-corrected chi connectivity index (χ2v) is 3.87. The van der Waals surface area contributed by atoms with Crippen molar-refractivity contribution in [3.05, 3.63) is 0 Å². The van der Waals surface area contributed by atoms with Crippen molar-refractivity contribution in [1.29, 1.82) is 0 Å². The molecule has 70 valence electrons. The summed E-state index contributed by atoms with van der Waals surface area (Å²) in [5.74, 6) is 0. The molecule has 0 heterocycles. The number of ether oxygens (including phenoxy) is 1. The summed E-state index contributed by atoms with van der Waals surface area (Å²) in [6.07, 6.45) is 7.48. The highest BCUT2D eigenvalue weighted by Crippen LogP contribution is 2.20. The van der Waals surface area contributed by atoms with E-state index in [1.54, 1.807) is 0 Å². The molecule has 0 saturated heterocycles. The molecule has 2 nitrogen and oxygen atoms in total. The summed E-state index contributed by atoms with van der Waals surface area (Å²) in [5, 5.41) is 0. The lowest BCUT2D eigenvalue weighted by atomic mass is 10.3. The van der Waals surface area contributed by atoms with E-state index in [-0.39, 0.29) is 0 Å². The Morgan fingerprint density at radius 1 is 1.42 bits per heavy atom. The molecule has 0 radical (unpaired) electrons. The molecule has 0 amide bonds. The molecule has 3 heteroatoms. The Kier molecular flexibility index (Phi) is 4.54. The van der Waals surface area contributed by atoms with Crippen LogP contribution in [0.1, 0.15) is 38.5 Å². The Bertz CT molecular complexity index is 143. The van der Waals surface area contributed by atoms with Gasteiger partial charge in [-0.1, -0.05) is 25.1 Å². The van der Waals surface area contributed by atoms with Gasteiger partial charge in [0.15, 0.2) is 0 Å². The fraction of sp³-hybridized carbons (Fsp3) is 0.889. The molecule has 0 bridgehead atoms. The zero-order valence-electron chi connectivity index (χ0n) is 7.42. The van der Waals surface area contributed by atoms with Gasteiger partial charge < -0.3 is 10.5 Å². The van der Waals surface area contributed by atoms with Crippen LogP contribution < -0.4 is 5.73 Å². The van der Waals surface area contributed by atoms with Crippen LogP contribution in [0.15, 0.2) is 0 Å². The van der Waals surface area contributed by atoms with E-state index in [2.05, 4.69) is 0 Å². The summed E-state index contributed by atoms with van der Waals surface area (Å²) < 4.78 is 5.64. The number of nitrogens with two attached hydrogens (primary N) is 1. The lowest BCUT2D eigenvalue weighted by Crippen LogP contribution is -2.12. The van der Waals surface area contributed by atoms with E-state index in [1.165, 1.54) is 25.7 Å². The van der Waals surface area contributed by atoms with Crippen LogP contribution in [0.25, 0.3) is 0 Å². The first kappa shape index (κ1) is 9.93. The topological polar surface area (TPSA) is 35.2 Å². The zero-order chi connectivity index (χ0) is 8.81. The van der Waals surface area contributed by atoms with E-state index >= 15 is 0 Å². The summed E-state index contributed by atoms with van der Waals surface area (Å²) in [6.45, 7) is 0.821. The maximum atomic E-state index is 5.64. The lowest BCUT2D eigenvalue weighted by molar-refractivity contribution is 0.0577. The minimum atomic E-state index is 0.524. The van der Waals surface area contributed by atoms with Gasteiger partial charge in [-0.2, -0.15) is 0 Å². The predicted molar refractivity (Wildman–Crippen MR) is 54.2 cm³/mol.